The van der Waals surface area contributed by atoms with E-state index in [1.165, 1.54) is 12.1 Å². The van der Waals surface area contributed by atoms with E-state index in [1.54, 1.807) is 24.3 Å². The molecule has 0 amide bonds. The van der Waals surface area contributed by atoms with E-state index in [0.717, 1.165) is 28.7 Å². The quantitative estimate of drug-likeness (QED) is 0.406. The van der Waals surface area contributed by atoms with E-state index in [-0.39, 0.29) is 5.69 Å². The molecule has 3 aromatic rings. The van der Waals surface area contributed by atoms with Crippen molar-refractivity contribution >= 4 is 23.7 Å². The van der Waals surface area contributed by atoms with Crippen LogP contribution < -0.4 is 5.32 Å². The zero-order valence-electron chi connectivity index (χ0n) is 14.7. The molecule has 0 bridgehead atoms. The van der Waals surface area contributed by atoms with E-state index in [2.05, 4.69) is 5.32 Å². The van der Waals surface area contributed by atoms with Crippen molar-refractivity contribution in [2.24, 2.45) is 0 Å². The summed E-state index contributed by atoms with van der Waals surface area (Å²) in [5, 5.41) is 14.0. The van der Waals surface area contributed by atoms with Crippen LogP contribution in [0.1, 0.15) is 11.3 Å². The fourth-order valence-corrected chi connectivity index (χ4v) is 3.07. The Morgan fingerprint density at radius 3 is 2.39 bits per heavy atom. The molecule has 0 saturated carbocycles. The first-order chi connectivity index (χ1) is 13.6. The monoisotopic (exact) mass is 372 g/mol. The summed E-state index contributed by atoms with van der Waals surface area (Å²) in [4.78, 5) is 21.8. The predicted octanol–water partition coefficient (Wildman–Crippen LogP) is 4.45. The number of furan rings is 1. The minimum absolute atomic E-state index is 0.0297. The van der Waals surface area contributed by atoms with Gasteiger partial charge in [0.25, 0.3) is 5.69 Å². The van der Waals surface area contributed by atoms with Gasteiger partial charge in [-0.15, -0.1) is 0 Å². The molecule has 1 aliphatic heterocycles. The molecule has 0 saturated heterocycles. The summed E-state index contributed by atoms with van der Waals surface area (Å²) in [6.45, 7) is 0. The van der Waals surface area contributed by atoms with Crippen molar-refractivity contribution in [3.63, 3.8) is 0 Å². The molecule has 1 N–H and O–H groups in total. The summed E-state index contributed by atoms with van der Waals surface area (Å²) in [7, 11) is 0. The van der Waals surface area contributed by atoms with Crippen LogP contribution >= 0.6 is 0 Å². The lowest BCUT2D eigenvalue weighted by Gasteiger charge is -2.08. The van der Waals surface area contributed by atoms with Gasteiger partial charge in [-0.05, 0) is 47.6 Å². The van der Waals surface area contributed by atoms with Crippen LogP contribution in [0.4, 0.5) is 5.69 Å². The molecule has 2 heterocycles. The maximum atomic E-state index is 11.5. The summed E-state index contributed by atoms with van der Waals surface area (Å²) in [6.07, 6.45) is 4.61. The molecule has 1 atom stereocenters. The van der Waals surface area contributed by atoms with Crippen LogP contribution in [0.25, 0.3) is 23.1 Å². The number of benzene rings is 2. The van der Waals surface area contributed by atoms with Gasteiger partial charge in [0.15, 0.2) is 0 Å². The molecule has 6 nitrogen and oxygen atoms in total. The SMILES string of the molecule is O=CC1NC(c2ccccc2)=C/C1=C\c1ccc(-c2ccc([N+](=O)[O-])cc2)o1. The minimum Gasteiger partial charge on any atom is -0.457 e. The molecule has 1 aromatic heterocycles. The van der Waals surface area contributed by atoms with Crippen LogP contribution in [0.2, 0.25) is 0 Å². The highest BCUT2D eigenvalue weighted by atomic mass is 16.6. The second kappa shape index (κ2) is 7.36. The van der Waals surface area contributed by atoms with Crippen molar-refractivity contribution < 1.29 is 14.1 Å². The van der Waals surface area contributed by atoms with Crippen molar-refractivity contribution in [3.8, 4) is 11.3 Å². The summed E-state index contributed by atoms with van der Waals surface area (Å²) in [5.41, 5.74) is 3.46. The number of nitrogens with one attached hydrogen (secondary N) is 1. The van der Waals surface area contributed by atoms with E-state index in [1.807, 2.05) is 42.5 Å². The number of hydrogen-bond donors (Lipinski definition) is 1. The van der Waals surface area contributed by atoms with Gasteiger partial charge in [-0.3, -0.25) is 10.1 Å². The van der Waals surface area contributed by atoms with Gasteiger partial charge in [0, 0.05) is 23.4 Å². The maximum absolute atomic E-state index is 11.5. The molecular weight excluding hydrogens is 356 g/mol. The number of nitro groups is 1. The zero-order valence-corrected chi connectivity index (χ0v) is 14.7. The van der Waals surface area contributed by atoms with Crippen molar-refractivity contribution in [1.29, 1.82) is 0 Å². The van der Waals surface area contributed by atoms with Crippen LogP contribution in [0.15, 0.2) is 82.8 Å². The number of nitrogens with zero attached hydrogens (tertiary/aromatic N) is 1. The molecule has 1 aliphatic rings. The van der Waals surface area contributed by atoms with Crippen molar-refractivity contribution in [2.75, 3.05) is 0 Å². The predicted molar refractivity (Wildman–Crippen MR) is 106 cm³/mol. The fraction of sp³-hybridized carbons (Fsp3) is 0.0455. The van der Waals surface area contributed by atoms with Crippen LogP contribution in [-0.2, 0) is 4.79 Å². The molecule has 0 spiro atoms. The second-order valence-corrected chi connectivity index (χ2v) is 6.33. The standard InChI is InChI=1S/C22H16N2O4/c25-14-21-17(13-20(23-21)15-4-2-1-3-5-15)12-19-10-11-22(28-19)16-6-8-18(9-7-16)24(26)27/h1-14,21,23H/b17-12+. The van der Waals surface area contributed by atoms with Gasteiger partial charge >= 0.3 is 0 Å². The van der Waals surface area contributed by atoms with Gasteiger partial charge in [0.05, 0.1) is 4.92 Å². The van der Waals surface area contributed by atoms with E-state index in [9.17, 15) is 14.9 Å². The van der Waals surface area contributed by atoms with E-state index in [4.69, 9.17) is 4.42 Å². The second-order valence-electron chi connectivity index (χ2n) is 6.33. The average molecular weight is 372 g/mol. The summed E-state index contributed by atoms with van der Waals surface area (Å²) in [6, 6.07) is 19.1. The maximum Gasteiger partial charge on any atom is 0.269 e. The molecular formula is C22H16N2O4. The lowest BCUT2D eigenvalue weighted by molar-refractivity contribution is -0.384. The molecule has 0 radical (unpaired) electrons. The van der Waals surface area contributed by atoms with Gasteiger partial charge < -0.3 is 14.5 Å². The largest absolute Gasteiger partial charge is 0.457 e. The Kier molecular flexibility index (Phi) is 4.60. The molecule has 6 heteroatoms. The first-order valence-electron chi connectivity index (χ1n) is 8.69. The Bertz CT molecular complexity index is 1080. The molecule has 2 aromatic carbocycles. The first kappa shape index (κ1) is 17.5. The molecule has 28 heavy (non-hydrogen) atoms. The number of carbonyl (C=O) groups is 1. The normalized spacial score (nSPS) is 17.2. The van der Waals surface area contributed by atoms with E-state index >= 15 is 0 Å². The highest BCUT2D eigenvalue weighted by Gasteiger charge is 2.21. The van der Waals surface area contributed by atoms with Crippen molar-refractivity contribution in [3.05, 3.63) is 99.8 Å². The summed E-state index contributed by atoms with van der Waals surface area (Å²) in [5.74, 6) is 1.20. The first-order valence-corrected chi connectivity index (χ1v) is 8.69. The van der Waals surface area contributed by atoms with Crippen LogP contribution in [0.5, 0.6) is 0 Å². The zero-order chi connectivity index (χ0) is 19.5. The topological polar surface area (TPSA) is 85.4 Å². The summed E-state index contributed by atoms with van der Waals surface area (Å²) >= 11 is 0. The Labute approximate surface area is 161 Å². The minimum atomic E-state index is -0.442. The van der Waals surface area contributed by atoms with Crippen LogP contribution in [0, 0.1) is 10.1 Å². The van der Waals surface area contributed by atoms with Gasteiger partial charge in [-0.1, -0.05) is 30.3 Å². The van der Waals surface area contributed by atoms with Crippen LogP contribution in [-0.4, -0.2) is 17.3 Å². The third-order valence-electron chi connectivity index (χ3n) is 4.50. The smallest absolute Gasteiger partial charge is 0.269 e. The fourth-order valence-electron chi connectivity index (χ4n) is 3.07. The van der Waals surface area contributed by atoms with Gasteiger partial charge in [-0.25, -0.2) is 0 Å². The van der Waals surface area contributed by atoms with Gasteiger partial charge in [0.2, 0.25) is 0 Å². The lowest BCUT2D eigenvalue weighted by Crippen LogP contribution is -2.24. The number of carbonyl (C=O) groups excluding carboxylic acids is 1. The number of aldehydes is 1. The third-order valence-corrected chi connectivity index (χ3v) is 4.50. The Morgan fingerprint density at radius 2 is 1.71 bits per heavy atom. The summed E-state index contributed by atoms with van der Waals surface area (Å²) < 4.78 is 5.85. The Morgan fingerprint density at radius 1 is 0.964 bits per heavy atom. The molecule has 4 rings (SSSR count). The Hall–Kier alpha value is -3.93. The molecule has 138 valence electrons. The highest BCUT2D eigenvalue weighted by Crippen LogP contribution is 2.28. The lowest BCUT2D eigenvalue weighted by atomic mass is 10.1. The van der Waals surface area contributed by atoms with E-state index < -0.39 is 11.0 Å². The third kappa shape index (κ3) is 3.48. The van der Waals surface area contributed by atoms with Crippen molar-refractivity contribution in [1.82, 2.24) is 5.32 Å². The average Bonchev–Trinajstić information content (AvgIpc) is 3.36. The van der Waals surface area contributed by atoms with Crippen LogP contribution in [0.3, 0.4) is 0 Å². The number of hydrogen-bond acceptors (Lipinski definition) is 5. The Balaban J connectivity index is 1.61. The highest BCUT2D eigenvalue weighted by molar-refractivity contribution is 5.83. The molecule has 0 aliphatic carbocycles. The van der Waals surface area contributed by atoms with E-state index in [0.29, 0.717) is 11.5 Å². The van der Waals surface area contributed by atoms with Gasteiger partial charge in [0.1, 0.15) is 23.8 Å². The van der Waals surface area contributed by atoms with Gasteiger partial charge in [-0.2, -0.15) is 0 Å². The molecule has 0 fully saturated rings. The number of nitro benzene ring substituents is 1. The van der Waals surface area contributed by atoms with Crippen molar-refractivity contribution in [2.45, 2.75) is 6.04 Å². The number of rotatable bonds is 5. The molecule has 1 unspecified atom stereocenters. The number of non-ortho nitro benzene ring substituents is 1.